The minimum atomic E-state index is 0.264. The summed E-state index contributed by atoms with van der Waals surface area (Å²) in [7, 11) is 0. The highest BCUT2D eigenvalue weighted by Crippen LogP contribution is 2.25. The van der Waals surface area contributed by atoms with Gasteiger partial charge < -0.3 is 11.1 Å². The van der Waals surface area contributed by atoms with Gasteiger partial charge in [-0.15, -0.1) is 0 Å². The van der Waals surface area contributed by atoms with Gasteiger partial charge in [0, 0.05) is 12.1 Å². The van der Waals surface area contributed by atoms with E-state index in [0.717, 1.165) is 13.1 Å². The molecule has 0 aromatic heterocycles. The number of rotatable bonds is 2. The predicted octanol–water partition coefficient (Wildman–Crippen LogP) is 0.723. The molecule has 10 heavy (non-hydrogen) atoms. The summed E-state index contributed by atoms with van der Waals surface area (Å²) in [6, 6.07) is 0. The molecule has 0 aromatic carbocycles. The summed E-state index contributed by atoms with van der Waals surface area (Å²) < 4.78 is 0. The average molecular weight is 142 g/mol. The monoisotopic (exact) mass is 142 g/mol. The number of nitrogens with two attached hydrogens (primary N) is 1. The molecule has 0 bridgehead atoms. The smallest absolute Gasteiger partial charge is 0.0327 e. The number of nitrogens with one attached hydrogen (secondary N) is 1. The van der Waals surface area contributed by atoms with Crippen molar-refractivity contribution in [3.63, 3.8) is 0 Å². The molecule has 2 heteroatoms. The van der Waals surface area contributed by atoms with Crippen molar-refractivity contribution in [3.8, 4) is 0 Å². The Morgan fingerprint density at radius 3 is 2.50 bits per heavy atom. The molecule has 1 aliphatic rings. The summed E-state index contributed by atoms with van der Waals surface area (Å²) in [4.78, 5) is 0. The maximum absolute atomic E-state index is 5.71. The van der Waals surface area contributed by atoms with Crippen LogP contribution >= 0.6 is 0 Å². The zero-order valence-corrected chi connectivity index (χ0v) is 6.98. The van der Waals surface area contributed by atoms with E-state index in [4.69, 9.17) is 5.73 Å². The first kappa shape index (κ1) is 8.02. The second-order valence-corrected chi connectivity index (χ2v) is 3.55. The van der Waals surface area contributed by atoms with Gasteiger partial charge in [-0.1, -0.05) is 13.8 Å². The molecule has 1 unspecified atom stereocenters. The molecular formula is C8H18N2. The van der Waals surface area contributed by atoms with E-state index in [2.05, 4.69) is 19.2 Å². The molecule has 0 saturated carbocycles. The Balaban J connectivity index is 2.58. The third-order valence-corrected chi connectivity index (χ3v) is 2.75. The first-order valence-corrected chi connectivity index (χ1v) is 4.16. The number of hydrogen-bond acceptors (Lipinski definition) is 2. The quantitative estimate of drug-likeness (QED) is 0.596. The molecule has 1 aliphatic heterocycles. The first-order chi connectivity index (χ1) is 4.71. The van der Waals surface area contributed by atoms with Crippen molar-refractivity contribution in [3.05, 3.63) is 0 Å². The van der Waals surface area contributed by atoms with Crippen LogP contribution in [0.2, 0.25) is 0 Å². The van der Waals surface area contributed by atoms with Gasteiger partial charge in [-0.3, -0.25) is 0 Å². The van der Waals surface area contributed by atoms with Crippen molar-refractivity contribution >= 4 is 0 Å². The van der Waals surface area contributed by atoms with Crippen LogP contribution in [0.5, 0.6) is 0 Å². The van der Waals surface area contributed by atoms with E-state index in [1.807, 2.05) is 0 Å². The van der Waals surface area contributed by atoms with Crippen LogP contribution in [0.4, 0.5) is 0 Å². The predicted molar refractivity (Wildman–Crippen MR) is 43.9 cm³/mol. The summed E-state index contributed by atoms with van der Waals surface area (Å²) in [6.45, 7) is 6.41. The van der Waals surface area contributed by atoms with Gasteiger partial charge in [0.2, 0.25) is 0 Å². The molecule has 0 aliphatic carbocycles. The van der Waals surface area contributed by atoms with E-state index in [0.29, 0.717) is 5.92 Å². The Morgan fingerprint density at radius 2 is 2.30 bits per heavy atom. The van der Waals surface area contributed by atoms with Gasteiger partial charge in [-0.25, -0.2) is 0 Å². The van der Waals surface area contributed by atoms with Crippen LogP contribution in [0.15, 0.2) is 0 Å². The molecule has 0 aromatic rings. The fourth-order valence-electron chi connectivity index (χ4n) is 1.73. The highest BCUT2D eigenvalue weighted by atomic mass is 15.0. The van der Waals surface area contributed by atoms with Gasteiger partial charge >= 0.3 is 0 Å². The van der Waals surface area contributed by atoms with E-state index in [-0.39, 0.29) is 5.54 Å². The lowest BCUT2D eigenvalue weighted by molar-refractivity contribution is 0.281. The van der Waals surface area contributed by atoms with E-state index in [9.17, 15) is 0 Å². The molecule has 1 heterocycles. The fourth-order valence-corrected chi connectivity index (χ4v) is 1.73. The Kier molecular flexibility index (Phi) is 2.32. The van der Waals surface area contributed by atoms with Crippen molar-refractivity contribution in [1.82, 2.24) is 5.32 Å². The van der Waals surface area contributed by atoms with E-state index in [1.165, 1.54) is 12.8 Å². The molecule has 60 valence electrons. The highest BCUT2D eigenvalue weighted by Gasteiger charge is 2.34. The highest BCUT2D eigenvalue weighted by molar-refractivity contribution is 4.96. The van der Waals surface area contributed by atoms with Crippen LogP contribution < -0.4 is 11.1 Å². The van der Waals surface area contributed by atoms with Crippen LogP contribution in [-0.4, -0.2) is 18.6 Å². The van der Waals surface area contributed by atoms with Gasteiger partial charge in [0.25, 0.3) is 0 Å². The summed E-state index contributed by atoms with van der Waals surface area (Å²) >= 11 is 0. The van der Waals surface area contributed by atoms with Gasteiger partial charge in [-0.2, -0.15) is 0 Å². The molecule has 1 fully saturated rings. The molecule has 1 atom stereocenters. The van der Waals surface area contributed by atoms with E-state index < -0.39 is 0 Å². The number of hydrogen-bond donors (Lipinski definition) is 2. The lowest BCUT2D eigenvalue weighted by atomic mass is 9.85. The van der Waals surface area contributed by atoms with Gasteiger partial charge in [0.15, 0.2) is 0 Å². The molecule has 3 N–H and O–H groups in total. The lowest BCUT2D eigenvalue weighted by Crippen LogP contribution is -2.50. The van der Waals surface area contributed by atoms with Crippen LogP contribution in [0.1, 0.15) is 26.7 Å². The lowest BCUT2D eigenvalue weighted by Gasteiger charge is -2.32. The topological polar surface area (TPSA) is 38.0 Å². The van der Waals surface area contributed by atoms with Crippen LogP contribution in [0.3, 0.4) is 0 Å². The largest absolute Gasteiger partial charge is 0.329 e. The Morgan fingerprint density at radius 1 is 1.60 bits per heavy atom. The normalized spacial score (nSPS) is 33.6. The minimum Gasteiger partial charge on any atom is -0.329 e. The zero-order valence-electron chi connectivity index (χ0n) is 6.98. The molecule has 1 rings (SSSR count). The third-order valence-electron chi connectivity index (χ3n) is 2.75. The SMILES string of the molecule is CC(C)C1(CN)CCCN1. The molecule has 2 nitrogen and oxygen atoms in total. The summed E-state index contributed by atoms with van der Waals surface area (Å²) in [5.41, 5.74) is 5.97. The van der Waals surface area contributed by atoms with Gasteiger partial charge in [0.1, 0.15) is 0 Å². The maximum Gasteiger partial charge on any atom is 0.0327 e. The summed E-state index contributed by atoms with van der Waals surface area (Å²) in [5, 5.41) is 3.49. The van der Waals surface area contributed by atoms with Gasteiger partial charge in [-0.05, 0) is 25.3 Å². The summed E-state index contributed by atoms with van der Waals surface area (Å²) in [6.07, 6.45) is 2.54. The molecule has 0 spiro atoms. The van der Waals surface area contributed by atoms with Crippen molar-refractivity contribution in [2.45, 2.75) is 32.2 Å². The van der Waals surface area contributed by atoms with Crippen molar-refractivity contribution in [2.75, 3.05) is 13.1 Å². The molecule has 1 saturated heterocycles. The molecule has 0 radical (unpaired) electrons. The van der Waals surface area contributed by atoms with Gasteiger partial charge in [0.05, 0.1) is 0 Å². The Bertz CT molecular complexity index is 104. The Labute approximate surface area is 63.2 Å². The minimum absolute atomic E-state index is 0.264. The zero-order chi connectivity index (χ0) is 7.61. The van der Waals surface area contributed by atoms with E-state index >= 15 is 0 Å². The second kappa shape index (κ2) is 2.89. The van der Waals surface area contributed by atoms with Crippen LogP contribution in [0, 0.1) is 5.92 Å². The Hall–Kier alpha value is -0.0800. The first-order valence-electron chi connectivity index (χ1n) is 4.16. The fraction of sp³-hybridized carbons (Fsp3) is 1.00. The summed E-state index contributed by atoms with van der Waals surface area (Å²) in [5.74, 6) is 0.667. The standard InChI is InChI=1S/C8H18N2/c1-7(2)8(6-9)4-3-5-10-8/h7,10H,3-6,9H2,1-2H3. The van der Waals surface area contributed by atoms with Crippen molar-refractivity contribution in [1.29, 1.82) is 0 Å². The molecule has 0 amide bonds. The van der Waals surface area contributed by atoms with Crippen molar-refractivity contribution in [2.24, 2.45) is 11.7 Å². The van der Waals surface area contributed by atoms with Crippen LogP contribution in [0.25, 0.3) is 0 Å². The van der Waals surface area contributed by atoms with E-state index in [1.54, 1.807) is 0 Å². The van der Waals surface area contributed by atoms with Crippen molar-refractivity contribution < 1.29 is 0 Å². The molecular weight excluding hydrogens is 124 g/mol. The maximum atomic E-state index is 5.71. The average Bonchev–Trinajstić information content (AvgIpc) is 2.35. The third kappa shape index (κ3) is 1.18. The second-order valence-electron chi connectivity index (χ2n) is 3.55. The van der Waals surface area contributed by atoms with Crippen LogP contribution in [-0.2, 0) is 0 Å².